The van der Waals surface area contributed by atoms with Gasteiger partial charge in [0.15, 0.2) is 0 Å². The molecule has 1 aliphatic carbocycles. The van der Waals surface area contributed by atoms with Gasteiger partial charge >= 0.3 is 6.03 Å². The molecule has 0 saturated heterocycles. The van der Waals surface area contributed by atoms with E-state index in [0.29, 0.717) is 5.41 Å². The highest BCUT2D eigenvalue weighted by Gasteiger charge is 2.29. The summed E-state index contributed by atoms with van der Waals surface area (Å²) in [6, 6.07) is -0.805. The minimum atomic E-state index is -0.462. The molecule has 3 N–H and O–H groups in total. The van der Waals surface area contributed by atoms with E-state index in [4.69, 9.17) is 0 Å². The zero-order valence-corrected chi connectivity index (χ0v) is 10.9. The van der Waals surface area contributed by atoms with Gasteiger partial charge in [0.05, 0.1) is 6.04 Å². The third kappa shape index (κ3) is 4.34. The molecule has 1 atom stereocenters. The molecule has 5 heteroatoms. The Bertz CT molecular complexity index is 285. The monoisotopic (exact) mass is 241 g/mol. The molecule has 0 aliphatic heterocycles. The molecule has 1 aliphatic rings. The van der Waals surface area contributed by atoms with E-state index < -0.39 is 6.03 Å². The topological polar surface area (TPSA) is 70.2 Å². The summed E-state index contributed by atoms with van der Waals surface area (Å²) < 4.78 is 0. The number of imide groups is 1. The largest absolute Gasteiger partial charge is 0.341 e. The smallest absolute Gasteiger partial charge is 0.321 e. The van der Waals surface area contributed by atoms with E-state index in [1.54, 1.807) is 6.92 Å². The highest BCUT2D eigenvalue weighted by molar-refractivity contribution is 5.96. The lowest BCUT2D eigenvalue weighted by molar-refractivity contribution is -0.121. The molecular weight excluding hydrogens is 218 g/mol. The Hall–Kier alpha value is -1.10. The van der Waals surface area contributed by atoms with Crippen molar-refractivity contribution in [3.05, 3.63) is 0 Å². The molecule has 1 fully saturated rings. The van der Waals surface area contributed by atoms with Gasteiger partial charge in [-0.2, -0.15) is 0 Å². The maximum atomic E-state index is 11.6. The predicted molar refractivity (Wildman–Crippen MR) is 66.6 cm³/mol. The Morgan fingerprint density at radius 1 is 1.29 bits per heavy atom. The summed E-state index contributed by atoms with van der Waals surface area (Å²) in [5.74, 6) is -0.286. The summed E-state index contributed by atoms with van der Waals surface area (Å²) in [7, 11) is 1.49. The molecule has 0 radical (unpaired) electrons. The number of urea groups is 1. The fourth-order valence-electron chi connectivity index (χ4n) is 2.18. The first-order valence-corrected chi connectivity index (χ1v) is 6.23. The Morgan fingerprint density at radius 2 is 1.88 bits per heavy atom. The van der Waals surface area contributed by atoms with E-state index >= 15 is 0 Å². The fraction of sp³-hybridized carbons (Fsp3) is 0.833. The molecule has 3 amide bonds. The summed E-state index contributed by atoms with van der Waals surface area (Å²) in [4.78, 5) is 22.6. The van der Waals surface area contributed by atoms with Gasteiger partial charge in [0.25, 0.3) is 0 Å². The number of carbonyl (C=O) groups excluding carboxylic acids is 2. The lowest BCUT2D eigenvalue weighted by Crippen LogP contribution is -2.49. The van der Waals surface area contributed by atoms with Gasteiger partial charge in [-0.05, 0) is 25.2 Å². The second kappa shape index (κ2) is 6.00. The van der Waals surface area contributed by atoms with Crippen LogP contribution in [0.4, 0.5) is 4.79 Å². The first kappa shape index (κ1) is 14.0. The maximum absolute atomic E-state index is 11.6. The Labute approximate surface area is 103 Å². The molecule has 0 spiro atoms. The number of hydrogen-bond donors (Lipinski definition) is 3. The fourth-order valence-corrected chi connectivity index (χ4v) is 2.18. The van der Waals surface area contributed by atoms with Gasteiger partial charge in [-0.25, -0.2) is 4.79 Å². The Balaban J connectivity index is 2.31. The van der Waals surface area contributed by atoms with E-state index in [-0.39, 0.29) is 11.9 Å². The molecule has 17 heavy (non-hydrogen) atoms. The van der Waals surface area contributed by atoms with Crippen LogP contribution >= 0.6 is 0 Å². The average molecular weight is 241 g/mol. The summed E-state index contributed by atoms with van der Waals surface area (Å²) in [6.45, 7) is 4.85. The summed E-state index contributed by atoms with van der Waals surface area (Å²) in [5, 5.41) is 7.82. The highest BCUT2D eigenvalue weighted by atomic mass is 16.2. The van der Waals surface area contributed by atoms with E-state index in [9.17, 15) is 9.59 Å². The van der Waals surface area contributed by atoms with Gasteiger partial charge in [-0.1, -0.05) is 19.8 Å². The second-order valence-corrected chi connectivity index (χ2v) is 5.19. The van der Waals surface area contributed by atoms with Gasteiger partial charge < -0.3 is 10.6 Å². The number of carbonyl (C=O) groups is 2. The van der Waals surface area contributed by atoms with Crippen LogP contribution in [-0.2, 0) is 4.79 Å². The van der Waals surface area contributed by atoms with Crippen LogP contribution in [0.2, 0.25) is 0 Å². The Kier molecular flexibility index (Phi) is 4.93. The van der Waals surface area contributed by atoms with Crippen LogP contribution in [-0.4, -0.2) is 31.6 Å². The molecule has 1 unspecified atom stereocenters. The summed E-state index contributed by atoms with van der Waals surface area (Å²) in [6.07, 6.45) is 4.97. The standard InChI is InChI=1S/C12H23N3O2/c1-9(10(16)15-11(17)13-3)14-8-12(2)6-4-5-7-12/h9,14H,4-8H2,1-3H3,(H2,13,15,16,17). The van der Waals surface area contributed by atoms with Crippen LogP contribution in [0.25, 0.3) is 0 Å². The van der Waals surface area contributed by atoms with E-state index in [1.165, 1.54) is 32.7 Å². The molecule has 0 aromatic heterocycles. The molecular formula is C12H23N3O2. The minimum Gasteiger partial charge on any atom is -0.341 e. The van der Waals surface area contributed by atoms with Crippen molar-refractivity contribution < 1.29 is 9.59 Å². The zero-order chi connectivity index (χ0) is 12.9. The third-order valence-corrected chi connectivity index (χ3v) is 3.50. The van der Waals surface area contributed by atoms with Crippen molar-refractivity contribution in [3.8, 4) is 0 Å². The predicted octanol–water partition coefficient (Wildman–Crippen LogP) is 1.00. The lowest BCUT2D eigenvalue weighted by atomic mass is 9.88. The van der Waals surface area contributed by atoms with Crippen LogP contribution in [0.3, 0.4) is 0 Å². The molecule has 1 saturated carbocycles. The van der Waals surface area contributed by atoms with E-state index in [2.05, 4.69) is 22.9 Å². The highest BCUT2D eigenvalue weighted by Crippen LogP contribution is 2.36. The zero-order valence-electron chi connectivity index (χ0n) is 10.9. The van der Waals surface area contributed by atoms with Crippen LogP contribution in [0.1, 0.15) is 39.5 Å². The Morgan fingerprint density at radius 3 is 2.41 bits per heavy atom. The van der Waals surface area contributed by atoms with Crippen molar-refractivity contribution in [2.24, 2.45) is 5.41 Å². The van der Waals surface area contributed by atoms with Gasteiger partial charge in [0.2, 0.25) is 5.91 Å². The van der Waals surface area contributed by atoms with Crippen LogP contribution < -0.4 is 16.0 Å². The maximum Gasteiger partial charge on any atom is 0.321 e. The summed E-state index contributed by atoms with van der Waals surface area (Å²) in [5.41, 5.74) is 0.307. The van der Waals surface area contributed by atoms with Crippen molar-refractivity contribution in [2.45, 2.75) is 45.6 Å². The van der Waals surface area contributed by atoms with Gasteiger partial charge in [0.1, 0.15) is 0 Å². The van der Waals surface area contributed by atoms with Crippen LogP contribution in [0, 0.1) is 5.41 Å². The first-order chi connectivity index (χ1) is 7.97. The van der Waals surface area contributed by atoms with Gasteiger partial charge in [-0.15, -0.1) is 0 Å². The molecule has 1 rings (SSSR count). The molecule has 98 valence electrons. The molecule has 0 aromatic rings. The number of rotatable bonds is 4. The quantitative estimate of drug-likeness (QED) is 0.687. The van der Waals surface area contributed by atoms with Crippen molar-refractivity contribution >= 4 is 11.9 Å². The minimum absolute atomic E-state index is 0.286. The lowest BCUT2D eigenvalue weighted by Gasteiger charge is -2.25. The van der Waals surface area contributed by atoms with Crippen LogP contribution in [0.5, 0.6) is 0 Å². The first-order valence-electron chi connectivity index (χ1n) is 6.23. The molecule has 0 bridgehead atoms. The third-order valence-electron chi connectivity index (χ3n) is 3.50. The second-order valence-electron chi connectivity index (χ2n) is 5.19. The summed E-state index contributed by atoms with van der Waals surface area (Å²) >= 11 is 0. The van der Waals surface area contributed by atoms with Crippen molar-refractivity contribution in [1.82, 2.24) is 16.0 Å². The van der Waals surface area contributed by atoms with Gasteiger partial charge in [-0.3, -0.25) is 10.1 Å². The SMILES string of the molecule is CNC(=O)NC(=O)C(C)NCC1(C)CCCC1. The number of hydrogen-bond acceptors (Lipinski definition) is 3. The number of nitrogens with one attached hydrogen (secondary N) is 3. The average Bonchev–Trinajstić information content (AvgIpc) is 2.73. The van der Waals surface area contributed by atoms with Gasteiger partial charge in [0, 0.05) is 13.6 Å². The van der Waals surface area contributed by atoms with Crippen molar-refractivity contribution in [2.75, 3.05) is 13.6 Å². The van der Waals surface area contributed by atoms with Crippen molar-refractivity contribution in [1.29, 1.82) is 0 Å². The molecule has 0 aromatic carbocycles. The molecule has 5 nitrogen and oxygen atoms in total. The van der Waals surface area contributed by atoms with E-state index in [0.717, 1.165) is 6.54 Å². The number of amides is 3. The molecule has 0 heterocycles. The van der Waals surface area contributed by atoms with Crippen molar-refractivity contribution in [3.63, 3.8) is 0 Å². The normalized spacial score (nSPS) is 19.7. The van der Waals surface area contributed by atoms with E-state index in [1.807, 2.05) is 0 Å². The van der Waals surface area contributed by atoms with Crippen LogP contribution in [0.15, 0.2) is 0 Å².